The minimum Gasteiger partial charge on any atom is -0.489 e. The molecule has 0 saturated carbocycles. The molecule has 1 aliphatic heterocycles. The molecule has 0 unspecified atom stereocenters. The van der Waals surface area contributed by atoms with E-state index in [2.05, 4.69) is 39.0 Å². The van der Waals surface area contributed by atoms with Gasteiger partial charge >= 0.3 is 0 Å². The van der Waals surface area contributed by atoms with Gasteiger partial charge in [-0.15, -0.1) is 0 Å². The van der Waals surface area contributed by atoms with Crippen molar-refractivity contribution >= 4 is 57.4 Å². The summed E-state index contributed by atoms with van der Waals surface area (Å²) in [5, 5.41) is 2.84. The second-order valence-corrected chi connectivity index (χ2v) is 7.78. The summed E-state index contributed by atoms with van der Waals surface area (Å²) in [4.78, 5) is 27.2. The number of nitrogens with one attached hydrogen (secondary N) is 1. The van der Waals surface area contributed by atoms with E-state index in [1.54, 1.807) is 6.08 Å². The Hall–Kier alpha value is -2.13. The highest BCUT2D eigenvalue weighted by molar-refractivity contribution is 14.1. The first-order chi connectivity index (χ1) is 12.5. The number of carbonyl (C=O) groups is 2. The van der Waals surface area contributed by atoms with Crippen molar-refractivity contribution in [1.82, 2.24) is 5.32 Å². The molecular formula is C19H15IN2O3S. The monoisotopic (exact) mass is 478 g/mol. The Bertz CT molecular complexity index is 907. The van der Waals surface area contributed by atoms with Gasteiger partial charge in [-0.05, 0) is 75.8 Å². The van der Waals surface area contributed by atoms with Gasteiger partial charge in [-0.25, -0.2) is 0 Å². The van der Waals surface area contributed by atoms with Crippen molar-refractivity contribution in [2.75, 3.05) is 0 Å². The average Bonchev–Trinajstić information content (AvgIpc) is 2.93. The van der Waals surface area contributed by atoms with E-state index in [0.717, 1.165) is 28.6 Å². The molecule has 0 fully saturated rings. The number of amides is 2. The number of carbonyl (C=O) groups excluding carboxylic acids is 2. The summed E-state index contributed by atoms with van der Waals surface area (Å²) in [6, 6.07) is 15.6. The van der Waals surface area contributed by atoms with E-state index in [1.165, 1.54) is 10.5 Å². The zero-order valence-electron chi connectivity index (χ0n) is 13.9. The quantitative estimate of drug-likeness (QED) is 0.534. The maximum absolute atomic E-state index is 11.9. The summed E-state index contributed by atoms with van der Waals surface area (Å²) >= 11 is 3.43. The van der Waals surface area contributed by atoms with Gasteiger partial charge < -0.3 is 10.1 Å². The minimum absolute atomic E-state index is 0.250. The lowest BCUT2D eigenvalue weighted by Gasteiger charge is -2.07. The van der Waals surface area contributed by atoms with Gasteiger partial charge in [0.1, 0.15) is 12.4 Å². The summed E-state index contributed by atoms with van der Waals surface area (Å²) in [6.07, 6.45) is 1.74. The third kappa shape index (κ3) is 5.18. The molecule has 0 bridgehead atoms. The number of thioether (sulfide) groups is 1. The molecule has 1 heterocycles. The van der Waals surface area contributed by atoms with Crippen molar-refractivity contribution in [3.05, 3.63) is 68.1 Å². The van der Waals surface area contributed by atoms with E-state index in [1.807, 2.05) is 42.5 Å². The lowest BCUT2D eigenvalue weighted by molar-refractivity contribution is -0.117. The maximum Gasteiger partial charge on any atom is 0.286 e. The SMILES string of the molecule is CC(=O)NC1=NC(=O)/C(=C\c2ccc(OCc3cccc(I)c3)cc2)S1. The number of aliphatic imine (C=N–C) groups is 1. The van der Waals surface area contributed by atoms with E-state index >= 15 is 0 Å². The lowest BCUT2D eigenvalue weighted by Crippen LogP contribution is -2.23. The number of hydrogen-bond acceptors (Lipinski definition) is 4. The van der Waals surface area contributed by atoms with E-state index in [-0.39, 0.29) is 11.8 Å². The van der Waals surface area contributed by atoms with Gasteiger partial charge in [0.25, 0.3) is 5.91 Å². The van der Waals surface area contributed by atoms with Crippen LogP contribution in [-0.4, -0.2) is 17.0 Å². The second kappa shape index (κ2) is 8.50. The lowest BCUT2D eigenvalue weighted by atomic mass is 10.2. The number of halogens is 1. The highest BCUT2D eigenvalue weighted by Gasteiger charge is 2.22. The smallest absolute Gasteiger partial charge is 0.286 e. The van der Waals surface area contributed by atoms with Crippen molar-refractivity contribution in [3.8, 4) is 5.75 Å². The van der Waals surface area contributed by atoms with Crippen LogP contribution >= 0.6 is 34.4 Å². The summed E-state index contributed by atoms with van der Waals surface area (Å²) in [5.74, 6) is 0.157. The largest absolute Gasteiger partial charge is 0.489 e. The molecule has 0 spiro atoms. The van der Waals surface area contributed by atoms with Crippen molar-refractivity contribution in [3.63, 3.8) is 0 Å². The molecule has 7 heteroatoms. The van der Waals surface area contributed by atoms with Gasteiger partial charge in [-0.2, -0.15) is 4.99 Å². The Kier molecular flexibility index (Phi) is 6.10. The van der Waals surface area contributed by atoms with Gasteiger partial charge in [0, 0.05) is 10.5 Å². The maximum atomic E-state index is 11.9. The zero-order chi connectivity index (χ0) is 18.5. The third-order valence-electron chi connectivity index (χ3n) is 3.38. The number of benzene rings is 2. The molecule has 1 aliphatic rings. The highest BCUT2D eigenvalue weighted by Crippen LogP contribution is 2.28. The number of rotatable bonds is 4. The van der Waals surface area contributed by atoms with E-state index in [4.69, 9.17) is 4.74 Å². The first-order valence-corrected chi connectivity index (χ1v) is 9.66. The molecule has 0 radical (unpaired) electrons. The topological polar surface area (TPSA) is 67.8 Å². The van der Waals surface area contributed by atoms with E-state index in [9.17, 15) is 9.59 Å². The molecule has 0 saturated heterocycles. The molecule has 3 rings (SSSR count). The van der Waals surface area contributed by atoms with Gasteiger partial charge in [0.05, 0.1) is 4.91 Å². The van der Waals surface area contributed by atoms with Gasteiger partial charge in [-0.1, -0.05) is 24.3 Å². The van der Waals surface area contributed by atoms with Gasteiger partial charge in [-0.3, -0.25) is 9.59 Å². The molecule has 26 heavy (non-hydrogen) atoms. The van der Waals surface area contributed by atoms with Crippen molar-refractivity contribution in [1.29, 1.82) is 0 Å². The molecule has 2 aromatic carbocycles. The van der Waals surface area contributed by atoms with E-state index < -0.39 is 0 Å². The molecule has 0 aliphatic carbocycles. The van der Waals surface area contributed by atoms with E-state index in [0.29, 0.717) is 16.7 Å². The van der Waals surface area contributed by atoms with Crippen LogP contribution < -0.4 is 10.1 Å². The van der Waals surface area contributed by atoms with Crippen LogP contribution in [0.25, 0.3) is 6.08 Å². The Balaban J connectivity index is 1.61. The van der Waals surface area contributed by atoms with Crippen LogP contribution in [0.2, 0.25) is 0 Å². The molecule has 0 atom stereocenters. The first kappa shape index (κ1) is 18.7. The molecule has 2 aromatic rings. The third-order valence-corrected chi connectivity index (χ3v) is 4.95. The molecule has 2 amide bonds. The fourth-order valence-corrected chi connectivity index (χ4v) is 3.69. The number of nitrogens with zero attached hydrogens (tertiary/aromatic N) is 1. The van der Waals surface area contributed by atoms with Crippen molar-refractivity contribution in [2.24, 2.45) is 4.99 Å². The van der Waals surface area contributed by atoms with Crippen LogP contribution in [0.1, 0.15) is 18.1 Å². The van der Waals surface area contributed by atoms with Crippen molar-refractivity contribution in [2.45, 2.75) is 13.5 Å². The van der Waals surface area contributed by atoms with Crippen LogP contribution in [0.4, 0.5) is 0 Å². The summed E-state index contributed by atoms with van der Waals surface area (Å²) in [5.41, 5.74) is 1.97. The number of amidine groups is 1. The Morgan fingerprint density at radius 3 is 2.73 bits per heavy atom. The van der Waals surface area contributed by atoms with Crippen LogP contribution in [-0.2, 0) is 16.2 Å². The molecule has 132 valence electrons. The molecule has 5 nitrogen and oxygen atoms in total. The summed E-state index contributed by atoms with van der Waals surface area (Å²) < 4.78 is 6.96. The molecule has 0 aromatic heterocycles. The zero-order valence-corrected chi connectivity index (χ0v) is 16.8. The Labute approximate surface area is 169 Å². The van der Waals surface area contributed by atoms with Crippen LogP contribution in [0.5, 0.6) is 5.75 Å². The van der Waals surface area contributed by atoms with Gasteiger partial charge in [0.15, 0.2) is 5.17 Å². The summed E-state index contributed by atoms with van der Waals surface area (Å²) in [7, 11) is 0. The predicted molar refractivity (Wildman–Crippen MR) is 112 cm³/mol. The van der Waals surface area contributed by atoms with Gasteiger partial charge in [0.2, 0.25) is 5.91 Å². The first-order valence-electron chi connectivity index (χ1n) is 7.77. The molecule has 1 N–H and O–H groups in total. The highest BCUT2D eigenvalue weighted by atomic mass is 127. The Morgan fingerprint density at radius 1 is 1.27 bits per heavy atom. The number of ether oxygens (including phenoxy) is 1. The van der Waals surface area contributed by atoms with Crippen LogP contribution in [0.15, 0.2) is 58.4 Å². The predicted octanol–water partition coefficient (Wildman–Crippen LogP) is 3.98. The van der Waals surface area contributed by atoms with Crippen LogP contribution in [0.3, 0.4) is 0 Å². The second-order valence-electron chi connectivity index (χ2n) is 5.50. The average molecular weight is 478 g/mol. The fourth-order valence-electron chi connectivity index (χ4n) is 2.22. The summed E-state index contributed by atoms with van der Waals surface area (Å²) in [6.45, 7) is 1.88. The molecular weight excluding hydrogens is 463 g/mol. The minimum atomic E-state index is -0.349. The normalized spacial score (nSPS) is 15.1. The van der Waals surface area contributed by atoms with Crippen molar-refractivity contribution < 1.29 is 14.3 Å². The number of hydrogen-bond donors (Lipinski definition) is 1. The fraction of sp³-hybridized carbons (Fsp3) is 0.105. The Morgan fingerprint density at radius 2 is 2.04 bits per heavy atom. The standard InChI is InChI=1S/C19H15IN2O3S/c1-12(23)21-19-22-18(24)17(26-19)10-13-5-7-16(8-6-13)25-11-14-3-2-4-15(20)9-14/h2-10H,11H2,1H3,(H,21,22,23,24)/b17-10+. The van der Waals surface area contributed by atoms with Crippen LogP contribution in [0, 0.1) is 3.57 Å².